The maximum Gasteiger partial charge on any atom is 0.251 e. The lowest BCUT2D eigenvalue weighted by molar-refractivity contribution is 0.0897. The van der Waals surface area contributed by atoms with Crippen LogP contribution in [0.15, 0.2) is 42.7 Å². The van der Waals surface area contributed by atoms with Gasteiger partial charge in [-0.05, 0) is 36.2 Å². The molecule has 1 aromatic carbocycles. The minimum Gasteiger partial charge on any atom is -0.394 e. The van der Waals surface area contributed by atoms with Crippen LogP contribution >= 0.6 is 0 Å². The lowest BCUT2D eigenvalue weighted by Crippen LogP contribution is -2.41. The number of rotatable bonds is 5. The first-order chi connectivity index (χ1) is 9.61. The van der Waals surface area contributed by atoms with E-state index in [-0.39, 0.29) is 24.5 Å². The second-order valence-corrected chi connectivity index (χ2v) is 5.00. The fourth-order valence-electron chi connectivity index (χ4n) is 1.86. The lowest BCUT2D eigenvalue weighted by atomic mass is 10.0. The molecule has 2 N–H and O–H groups in total. The average molecular weight is 273 g/mol. The molecule has 0 saturated heterocycles. The smallest absolute Gasteiger partial charge is 0.251 e. The summed E-state index contributed by atoms with van der Waals surface area (Å²) in [4.78, 5) is 12.1. The zero-order chi connectivity index (χ0) is 14.5. The highest BCUT2D eigenvalue weighted by Crippen LogP contribution is 2.09. The van der Waals surface area contributed by atoms with Crippen LogP contribution in [0.25, 0.3) is 5.69 Å². The summed E-state index contributed by atoms with van der Waals surface area (Å²) in [6, 6.07) is 8.79. The number of aliphatic hydroxyl groups is 1. The molecule has 5 heteroatoms. The average Bonchev–Trinajstić information content (AvgIpc) is 2.98. The summed E-state index contributed by atoms with van der Waals surface area (Å²) in [5.74, 6) is 0.0112. The molecule has 1 unspecified atom stereocenters. The highest BCUT2D eigenvalue weighted by molar-refractivity contribution is 5.94. The summed E-state index contributed by atoms with van der Waals surface area (Å²) < 4.78 is 1.73. The maximum atomic E-state index is 12.1. The molecular weight excluding hydrogens is 254 g/mol. The molecule has 1 heterocycles. The zero-order valence-electron chi connectivity index (χ0n) is 11.7. The number of hydrogen-bond acceptors (Lipinski definition) is 3. The number of amides is 1. The topological polar surface area (TPSA) is 67.2 Å². The molecular formula is C15H19N3O2. The van der Waals surface area contributed by atoms with E-state index in [1.54, 1.807) is 23.0 Å². The molecule has 0 radical (unpaired) electrons. The Kier molecular flexibility index (Phi) is 4.53. The van der Waals surface area contributed by atoms with Gasteiger partial charge in [0, 0.05) is 18.0 Å². The molecule has 1 aromatic heterocycles. The first-order valence-corrected chi connectivity index (χ1v) is 6.63. The highest BCUT2D eigenvalue weighted by atomic mass is 16.3. The van der Waals surface area contributed by atoms with Crippen LogP contribution in [0.3, 0.4) is 0 Å². The van der Waals surface area contributed by atoms with Crippen LogP contribution in [0.4, 0.5) is 0 Å². The fourth-order valence-corrected chi connectivity index (χ4v) is 1.86. The Morgan fingerprint density at radius 2 is 2.05 bits per heavy atom. The van der Waals surface area contributed by atoms with E-state index >= 15 is 0 Å². The number of carbonyl (C=O) groups excluding carboxylic acids is 1. The standard InChI is InChI=1S/C15H19N3O2/c1-11(2)14(10-19)17-15(20)12-4-6-13(7-5-12)18-9-3-8-16-18/h3-9,11,14,19H,10H2,1-2H3,(H,17,20). The Morgan fingerprint density at radius 3 is 2.55 bits per heavy atom. The SMILES string of the molecule is CC(C)C(CO)NC(=O)c1ccc(-n2cccn2)cc1. The Labute approximate surface area is 118 Å². The van der Waals surface area contributed by atoms with Crippen molar-refractivity contribution in [2.24, 2.45) is 5.92 Å². The van der Waals surface area contributed by atoms with Crippen molar-refractivity contribution in [3.63, 3.8) is 0 Å². The number of carbonyl (C=O) groups is 1. The second-order valence-electron chi connectivity index (χ2n) is 5.00. The van der Waals surface area contributed by atoms with Crippen molar-refractivity contribution in [2.45, 2.75) is 19.9 Å². The number of aliphatic hydroxyl groups excluding tert-OH is 1. The largest absolute Gasteiger partial charge is 0.394 e. The molecule has 0 fully saturated rings. The van der Waals surface area contributed by atoms with Crippen LogP contribution in [0.2, 0.25) is 0 Å². The van der Waals surface area contributed by atoms with Gasteiger partial charge in [0.15, 0.2) is 0 Å². The Morgan fingerprint density at radius 1 is 1.35 bits per heavy atom. The van der Waals surface area contributed by atoms with Gasteiger partial charge >= 0.3 is 0 Å². The maximum absolute atomic E-state index is 12.1. The Hall–Kier alpha value is -2.14. The van der Waals surface area contributed by atoms with Crippen molar-refractivity contribution < 1.29 is 9.90 Å². The van der Waals surface area contributed by atoms with Crippen LogP contribution in [0.1, 0.15) is 24.2 Å². The van der Waals surface area contributed by atoms with Crippen molar-refractivity contribution in [2.75, 3.05) is 6.61 Å². The molecule has 0 saturated carbocycles. The van der Waals surface area contributed by atoms with Gasteiger partial charge in [-0.25, -0.2) is 4.68 Å². The molecule has 106 valence electrons. The van der Waals surface area contributed by atoms with Gasteiger partial charge in [-0.2, -0.15) is 5.10 Å². The Balaban J connectivity index is 2.08. The summed E-state index contributed by atoms with van der Waals surface area (Å²) in [5.41, 5.74) is 1.47. The summed E-state index contributed by atoms with van der Waals surface area (Å²) in [6.07, 6.45) is 3.55. The van der Waals surface area contributed by atoms with E-state index in [1.807, 2.05) is 38.2 Å². The van der Waals surface area contributed by atoms with E-state index in [1.165, 1.54) is 0 Å². The van der Waals surface area contributed by atoms with Crippen molar-refractivity contribution >= 4 is 5.91 Å². The van der Waals surface area contributed by atoms with Crippen LogP contribution < -0.4 is 5.32 Å². The number of nitrogens with one attached hydrogen (secondary N) is 1. The van der Waals surface area contributed by atoms with Crippen molar-refractivity contribution in [3.8, 4) is 5.69 Å². The molecule has 0 aliphatic heterocycles. The third-order valence-corrected chi connectivity index (χ3v) is 3.22. The van der Waals surface area contributed by atoms with E-state index in [4.69, 9.17) is 0 Å². The fraction of sp³-hybridized carbons (Fsp3) is 0.333. The number of hydrogen-bond donors (Lipinski definition) is 2. The summed E-state index contributed by atoms with van der Waals surface area (Å²) in [7, 11) is 0. The molecule has 5 nitrogen and oxygen atoms in total. The predicted octanol–water partition coefficient (Wildman–Crippen LogP) is 1.62. The van der Waals surface area contributed by atoms with E-state index in [9.17, 15) is 9.90 Å². The predicted molar refractivity (Wildman–Crippen MR) is 76.7 cm³/mol. The summed E-state index contributed by atoms with van der Waals surface area (Å²) in [5, 5.41) is 16.2. The normalized spacial score (nSPS) is 12.4. The Bertz CT molecular complexity index is 547. The first-order valence-electron chi connectivity index (χ1n) is 6.63. The quantitative estimate of drug-likeness (QED) is 0.870. The summed E-state index contributed by atoms with van der Waals surface area (Å²) in [6.45, 7) is 3.86. The monoisotopic (exact) mass is 273 g/mol. The zero-order valence-corrected chi connectivity index (χ0v) is 11.7. The van der Waals surface area contributed by atoms with Gasteiger partial charge in [0.2, 0.25) is 0 Å². The molecule has 0 bridgehead atoms. The van der Waals surface area contributed by atoms with E-state index in [0.717, 1.165) is 5.69 Å². The molecule has 1 atom stereocenters. The van der Waals surface area contributed by atoms with Gasteiger partial charge < -0.3 is 10.4 Å². The molecule has 2 aromatic rings. The van der Waals surface area contributed by atoms with Crippen LogP contribution in [0, 0.1) is 5.92 Å². The molecule has 1 amide bonds. The first kappa shape index (κ1) is 14.3. The van der Waals surface area contributed by atoms with Gasteiger partial charge in [-0.1, -0.05) is 13.8 Å². The third-order valence-electron chi connectivity index (χ3n) is 3.22. The number of benzene rings is 1. The molecule has 0 aliphatic carbocycles. The van der Waals surface area contributed by atoms with Crippen LogP contribution in [-0.2, 0) is 0 Å². The van der Waals surface area contributed by atoms with Gasteiger partial charge in [-0.15, -0.1) is 0 Å². The number of aromatic nitrogens is 2. The van der Waals surface area contributed by atoms with Crippen LogP contribution in [0.5, 0.6) is 0 Å². The minimum atomic E-state index is -0.228. The van der Waals surface area contributed by atoms with Crippen LogP contribution in [-0.4, -0.2) is 33.4 Å². The van der Waals surface area contributed by atoms with Gasteiger partial charge in [0.1, 0.15) is 0 Å². The van der Waals surface area contributed by atoms with E-state index in [0.29, 0.717) is 5.56 Å². The lowest BCUT2D eigenvalue weighted by Gasteiger charge is -2.19. The van der Waals surface area contributed by atoms with Crippen molar-refractivity contribution in [1.29, 1.82) is 0 Å². The van der Waals surface area contributed by atoms with Gasteiger partial charge in [-0.3, -0.25) is 4.79 Å². The second kappa shape index (κ2) is 6.34. The number of nitrogens with zero attached hydrogens (tertiary/aromatic N) is 2. The molecule has 2 rings (SSSR count). The molecule has 0 spiro atoms. The molecule has 20 heavy (non-hydrogen) atoms. The van der Waals surface area contributed by atoms with E-state index in [2.05, 4.69) is 10.4 Å². The summed E-state index contributed by atoms with van der Waals surface area (Å²) >= 11 is 0. The highest BCUT2D eigenvalue weighted by Gasteiger charge is 2.16. The van der Waals surface area contributed by atoms with Gasteiger partial charge in [0.05, 0.1) is 18.3 Å². The van der Waals surface area contributed by atoms with E-state index < -0.39 is 0 Å². The van der Waals surface area contributed by atoms with Gasteiger partial charge in [0.25, 0.3) is 5.91 Å². The third kappa shape index (κ3) is 3.24. The molecule has 0 aliphatic rings. The van der Waals surface area contributed by atoms with Crippen molar-refractivity contribution in [1.82, 2.24) is 15.1 Å². The minimum absolute atomic E-state index is 0.0607. The van der Waals surface area contributed by atoms with Crippen molar-refractivity contribution in [3.05, 3.63) is 48.3 Å².